The summed E-state index contributed by atoms with van der Waals surface area (Å²) < 4.78 is 10.6. The molecule has 1 atom stereocenters. The van der Waals surface area contributed by atoms with Gasteiger partial charge in [0.2, 0.25) is 0 Å². The van der Waals surface area contributed by atoms with Crippen molar-refractivity contribution < 1.29 is 24.2 Å². The molecule has 0 unspecified atom stereocenters. The molecule has 1 aromatic carbocycles. The SMILES string of the molecule is COc1ccccc1OCC(=O)N1CCCC[C@H]1C(=O)O. The molecular weight excluding hydrogens is 274 g/mol. The van der Waals surface area contributed by atoms with Crippen molar-refractivity contribution in [3.05, 3.63) is 24.3 Å². The van der Waals surface area contributed by atoms with E-state index in [1.165, 1.54) is 12.0 Å². The standard InChI is InChI=1S/C15H19NO5/c1-20-12-7-2-3-8-13(12)21-10-14(17)16-9-5-4-6-11(16)15(18)19/h2-3,7-8,11H,4-6,9-10H2,1H3,(H,18,19)/t11-/m0/s1. The molecule has 0 saturated carbocycles. The Balaban J connectivity index is 1.99. The van der Waals surface area contributed by atoms with E-state index in [4.69, 9.17) is 9.47 Å². The van der Waals surface area contributed by atoms with Gasteiger partial charge < -0.3 is 19.5 Å². The van der Waals surface area contributed by atoms with Gasteiger partial charge in [0.1, 0.15) is 6.04 Å². The zero-order valence-electron chi connectivity index (χ0n) is 11.9. The summed E-state index contributed by atoms with van der Waals surface area (Å²) in [5.74, 6) is -0.260. The van der Waals surface area contributed by atoms with Gasteiger partial charge in [-0.2, -0.15) is 0 Å². The Hall–Kier alpha value is -2.24. The van der Waals surface area contributed by atoms with Crippen LogP contribution in [-0.4, -0.2) is 48.2 Å². The van der Waals surface area contributed by atoms with Gasteiger partial charge in [-0.25, -0.2) is 4.79 Å². The van der Waals surface area contributed by atoms with Crippen LogP contribution in [0.5, 0.6) is 11.5 Å². The third-order valence-electron chi connectivity index (χ3n) is 3.53. The van der Waals surface area contributed by atoms with Crippen molar-refractivity contribution >= 4 is 11.9 Å². The third kappa shape index (κ3) is 3.65. The molecule has 1 aliphatic rings. The largest absolute Gasteiger partial charge is 0.493 e. The lowest BCUT2D eigenvalue weighted by Gasteiger charge is -2.32. The molecular formula is C15H19NO5. The van der Waals surface area contributed by atoms with Crippen LogP contribution in [-0.2, 0) is 9.59 Å². The number of methoxy groups -OCH3 is 1. The Morgan fingerprint density at radius 1 is 1.29 bits per heavy atom. The molecule has 2 rings (SSSR count). The zero-order valence-corrected chi connectivity index (χ0v) is 11.9. The molecule has 0 bridgehead atoms. The molecule has 1 heterocycles. The van der Waals surface area contributed by atoms with Crippen molar-refractivity contribution in [3.8, 4) is 11.5 Å². The topological polar surface area (TPSA) is 76.1 Å². The predicted octanol–water partition coefficient (Wildman–Crippen LogP) is 1.54. The second-order valence-corrected chi connectivity index (χ2v) is 4.88. The predicted molar refractivity (Wildman–Crippen MR) is 75.5 cm³/mol. The highest BCUT2D eigenvalue weighted by atomic mass is 16.5. The van der Waals surface area contributed by atoms with Crippen LogP contribution >= 0.6 is 0 Å². The van der Waals surface area contributed by atoms with Crippen molar-refractivity contribution in [2.24, 2.45) is 0 Å². The highest BCUT2D eigenvalue weighted by molar-refractivity contribution is 5.84. The number of hydrogen-bond donors (Lipinski definition) is 1. The molecule has 1 fully saturated rings. The lowest BCUT2D eigenvalue weighted by atomic mass is 10.0. The number of hydrogen-bond acceptors (Lipinski definition) is 4. The van der Waals surface area contributed by atoms with Crippen molar-refractivity contribution in [1.82, 2.24) is 4.90 Å². The number of benzene rings is 1. The Morgan fingerprint density at radius 2 is 2.00 bits per heavy atom. The number of carboxylic acid groups (broad SMARTS) is 1. The summed E-state index contributed by atoms with van der Waals surface area (Å²) in [7, 11) is 1.52. The zero-order chi connectivity index (χ0) is 15.2. The molecule has 6 heteroatoms. The van der Waals surface area contributed by atoms with E-state index in [9.17, 15) is 14.7 Å². The normalized spacial score (nSPS) is 18.1. The smallest absolute Gasteiger partial charge is 0.326 e. The Morgan fingerprint density at radius 3 is 2.67 bits per heavy atom. The maximum absolute atomic E-state index is 12.2. The van der Waals surface area contributed by atoms with Gasteiger partial charge in [0.05, 0.1) is 7.11 Å². The highest BCUT2D eigenvalue weighted by Crippen LogP contribution is 2.26. The summed E-state index contributed by atoms with van der Waals surface area (Å²) in [6.07, 6.45) is 2.15. The number of likely N-dealkylation sites (tertiary alicyclic amines) is 1. The number of aliphatic carboxylic acids is 1. The molecule has 114 valence electrons. The molecule has 0 aliphatic carbocycles. The van der Waals surface area contributed by atoms with Gasteiger partial charge in [0.25, 0.3) is 5.91 Å². The first-order valence-corrected chi connectivity index (χ1v) is 6.91. The molecule has 1 aromatic rings. The monoisotopic (exact) mass is 293 g/mol. The summed E-state index contributed by atoms with van der Waals surface area (Å²) in [4.78, 5) is 24.8. The summed E-state index contributed by atoms with van der Waals surface area (Å²) in [5, 5.41) is 9.17. The molecule has 0 spiro atoms. The number of carbonyl (C=O) groups is 2. The minimum absolute atomic E-state index is 0.190. The Labute approximate surface area is 123 Å². The quantitative estimate of drug-likeness (QED) is 0.891. The maximum Gasteiger partial charge on any atom is 0.326 e. The fourth-order valence-electron chi connectivity index (χ4n) is 2.45. The van der Waals surface area contributed by atoms with E-state index < -0.39 is 12.0 Å². The average Bonchev–Trinajstić information content (AvgIpc) is 2.52. The van der Waals surface area contributed by atoms with Gasteiger partial charge in [0.15, 0.2) is 18.1 Å². The van der Waals surface area contributed by atoms with Crippen LogP contribution in [0.1, 0.15) is 19.3 Å². The van der Waals surface area contributed by atoms with Crippen LogP contribution in [0.3, 0.4) is 0 Å². The third-order valence-corrected chi connectivity index (χ3v) is 3.53. The molecule has 1 aliphatic heterocycles. The maximum atomic E-state index is 12.2. The summed E-state index contributed by atoms with van der Waals surface area (Å²) in [6, 6.07) is 6.28. The van der Waals surface area contributed by atoms with E-state index in [0.717, 1.165) is 12.8 Å². The number of piperidine rings is 1. The van der Waals surface area contributed by atoms with Crippen molar-refractivity contribution in [2.75, 3.05) is 20.3 Å². The van der Waals surface area contributed by atoms with Gasteiger partial charge in [-0.1, -0.05) is 12.1 Å². The van der Waals surface area contributed by atoms with E-state index in [0.29, 0.717) is 24.5 Å². The minimum Gasteiger partial charge on any atom is -0.493 e. The number of carbonyl (C=O) groups excluding carboxylic acids is 1. The number of amides is 1. The van der Waals surface area contributed by atoms with Crippen molar-refractivity contribution in [3.63, 3.8) is 0 Å². The van der Waals surface area contributed by atoms with E-state index >= 15 is 0 Å². The molecule has 1 saturated heterocycles. The van der Waals surface area contributed by atoms with Crippen LogP contribution in [0.4, 0.5) is 0 Å². The van der Waals surface area contributed by atoms with E-state index in [1.54, 1.807) is 24.3 Å². The average molecular weight is 293 g/mol. The van der Waals surface area contributed by atoms with Gasteiger partial charge in [-0.05, 0) is 31.4 Å². The number of nitrogens with zero attached hydrogens (tertiary/aromatic N) is 1. The molecule has 0 aromatic heterocycles. The lowest BCUT2D eigenvalue weighted by molar-refractivity contribution is -0.152. The lowest BCUT2D eigenvalue weighted by Crippen LogP contribution is -2.49. The van der Waals surface area contributed by atoms with Crippen LogP contribution in [0.25, 0.3) is 0 Å². The molecule has 1 N–H and O–H groups in total. The van der Waals surface area contributed by atoms with Gasteiger partial charge in [-0.15, -0.1) is 0 Å². The van der Waals surface area contributed by atoms with Gasteiger partial charge >= 0.3 is 5.97 Å². The summed E-state index contributed by atoms with van der Waals surface area (Å²) in [5.41, 5.74) is 0. The second kappa shape index (κ2) is 6.97. The molecule has 6 nitrogen and oxygen atoms in total. The first-order chi connectivity index (χ1) is 10.1. The van der Waals surface area contributed by atoms with E-state index in [2.05, 4.69) is 0 Å². The number of para-hydroxylation sites is 2. The van der Waals surface area contributed by atoms with Crippen LogP contribution in [0.2, 0.25) is 0 Å². The van der Waals surface area contributed by atoms with E-state index in [-0.39, 0.29) is 12.5 Å². The Kier molecular flexibility index (Phi) is 5.03. The summed E-state index contributed by atoms with van der Waals surface area (Å²) >= 11 is 0. The number of carboxylic acids is 1. The van der Waals surface area contributed by atoms with Gasteiger partial charge in [-0.3, -0.25) is 4.79 Å². The number of rotatable bonds is 5. The van der Waals surface area contributed by atoms with Crippen molar-refractivity contribution in [2.45, 2.75) is 25.3 Å². The minimum atomic E-state index is -0.958. The van der Waals surface area contributed by atoms with E-state index in [1.807, 2.05) is 0 Å². The molecule has 1 amide bonds. The number of ether oxygens (including phenoxy) is 2. The van der Waals surface area contributed by atoms with Gasteiger partial charge in [0, 0.05) is 6.54 Å². The fraction of sp³-hybridized carbons (Fsp3) is 0.467. The highest BCUT2D eigenvalue weighted by Gasteiger charge is 2.32. The van der Waals surface area contributed by atoms with Crippen LogP contribution in [0, 0.1) is 0 Å². The molecule has 21 heavy (non-hydrogen) atoms. The molecule has 0 radical (unpaired) electrons. The van der Waals surface area contributed by atoms with Crippen LogP contribution in [0.15, 0.2) is 24.3 Å². The first kappa shape index (κ1) is 15.2. The Bertz CT molecular complexity index is 517. The second-order valence-electron chi connectivity index (χ2n) is 4.88. The van der Waals surface area contributed by atoms with Crippen molar-refractivity contribution in [1.29, 1.82) is 0 Å². The fourth-order valence-corrected chi connectivity index (χ4v) is 2.45. The van der Waals surface area contributed by atoms with Crippen LogP contribution < -0.4 is 9.47 Å². The first-order valence-electron chi connectivity index (χ1n) is 6.91. The summed E-state index contributed by atoms with van der Waals surface area (Å²) in [6.45, 7) is 0.273.